The molecule has 0 aliphatic heterocycles. The lowest BCUT2D eigenvalue weighted by molar-refractivity contribution is -0.119. The molecule has 10 heteroatoms. The molecule has 1 aromatic carbocycles. The molecule has 1 heterocycles. The van der Waals surface area contributed by atoms with E-state index in [1.165, 1.54) is 12.1 Å². The van der Waals surface area contributed by atoms with E-state index in [4.69, 9.17) is 0 Å². The highest BCUT2D eigenvalue weighted by molar-refractivity contribution is 6.00. The first-order chi connectivity index (χ1) is 12.1. The zero-order chi connectivity index (χ0) is 17.8. The number of likely N-dealkylation sites (N-methyl/N-ethyl adjacent to an activating group) is 1. The van der Waals surface area contributed by atoms with Crippen molar-refractivity contribution < 1.29 is 19.0 Å². The van der Waals surface area contributed by atoms with Gasteiger partial charge in [-0.05, 0) is 46.9 Å². The Labute approximate surface area is 142 Å². The summed E-state index contributed by atoms with van der Waals surface area (Å²) in [6, 6.07) is 4.21. The molecule has 0 unspecified atom stereocenters. The molecule has 4 N–H and O–H groups in total. The largest absolute Gasteiger partial charge is 0.356 e. The topological polar surface area (TPSA) is 125 Å². The van der Waals surface area contributed by atoms with Gasteiger partial charge in [0.2, 0.25) is 11.7 Å². The Morgan fingerprint density at radius 1 is 1.48 bits per heavy atom. The van der Waals surface area contributed by atoms with Gasteiger partial charge in [-0.1, -0.05) is 6.07 Å². The van der Waals surface area contributed by atoms with Gasteiger partial charge in [-0.3, -0.25) is 20.5 Å². The zero-order valence-corrected chi connectivity index (χ0v) is 13.4. The normalized spacial score (nSPS) is 16.0. The minimum absolute atomic E-state index is 0.0135. The number of fused-ring (bicyclic) bond motifs is 1. The lowest BCUT2D eigenvalue weighted by Gasteiger charge is -2.27. The summed E-state index contributed by atoms with van der Waals surface area (Å²) >= 11 is 0. The minimum atomic E-state index is -0.343. The van der Waals surface area contributed by atoms with E-state index in [9.17, 15) is 14.4 Å². The first-order valence-corrected chi connectivity index (χ1v) is 7.72. The average molecular weight is 348 g/mol. The first-order valence-electron chi connectivity index (χ1n) is 7.72. The Bertz CT molecular complexity index is 806. The predicted octanol–water partition coefficient (Wildman–Crippen LogP) is 0.779. The van der Waals surface area contributed by atoms with Crippen LogP contribution in [0.1, 0.15) is 29.8 Å². The molecule has 1 amide bonds. The fraction of sp³-hybridized carbons (Fsp3) is 0.333. The number of carbonyl (C=O) groups is 1. The van der Waals surface area contributed by atoms with Crippen molar-refractivity contribution in [3.05, 3.63) is 40.8 Å². The van der Waals surface area contributed by atoms with Crippen LogP contribution in [0.15, 0.2) is 27.8 Å². The van der Waals surface area contributed by atoms with Crippen LogP contribution in [0, 0.1) is 5.82 Å². The second kappa shape index (κ2) is 7.26. The van der Waals surface area contributed by atoms with E-state index in [0.29, 0.717) is 13.0 Å². The summed E-state index contributed by atoms with van der Waals surface area (Å²) in [6.45, 7) is 2.28. The number of rotatable bonds is 6. The number of amidine groups is 1. The van der Waals surface area contributed by atoms with Crippen molar-refractivity contribution in [3.8, 4) is 0 Å². The van der Waals surface area contributed by atoms with Crippen molar-refractivity contribution >= 4 is 17.6 Å². The van der Waals surface area contributed by atoms with E-state index >= 15 is 0 Å². The van der Waals surface area contributed by atoms with E-state index in [2.05, 4.69) is 30.6 Å². The van der Waals surface area contributed by atoms with E-state index in [0.717, 1.165) is 11.1 Å². The van der Waals surface area contributed by atoms with Gasteiger partial charge in [0.05, 0.1) is 12.6 Å². The van der Waals surface area contributed by atoms with E-state index in [1.54, 1.807) is 13.0 Å². The number of hydrogen-bond donors (Lipinski definition) is 4. The van der Waals surface area contributed by atoms with Gasteiger partial charge in [0.15, 0.2) is 11.5 Å². The Balaban J connectivity index is 1.76. The molecule has 2 aromatic rings. The summed E-state index contributed by atoms with van der Waals surface area (Å²) in [6.07, 6.45) is 0.619. The maximum atomic E-state index is 13.4. The third-order valence-corrected chi connectivity index (χ3v) is 3.77. The lowest BCUT2D eigenvalue weighted by atomic mass is 9.83. The molecule has 0 radical (unpaired) electrons. The molecule has 1 aliphatic carbocycles. The molecule has 9 nitrogen and oxygen atoms in total. The van der Waals surface area contributed by atoms with Crippen molar-refractivity contribution in [3.63, 3.8) is 0 Å². The summed E-state index contributed by atoms with van der Waals surface area (Å²) in [4.78, 5) is 15.8. The van der Waals surface area contributed by atoms with Gasteiger partial charge >= 0.3 is 0 Å². The molecule has 0 saturated carbocycles. The first kappa shape index (κ1) is 16.8. The molecule has 132 valence electrons. The van der Waals surface area contributed by atoms with Gasteiger partial charge in [-0.25, -0.2) is 9.02 Å². The van der Waals surface area contributed by atoms with Crippen LogP contribution < -0.4 is 16.1 Å². The zero-order valence-electron chi connectivity index (χ0n) is 13.4. The maximum Gasteiger partial charge on any atom is 0.239 e. The van der Waals surface area contributed by atoms with Crippen LogP contribution in [0.3, 0.4) is 0 Å². The van der Waals surface area contributed by atoms with E-state index in [-0.39, 0.29) is 41.7 Å². The second-order valence-corrected chi connectivity index (χ2v) is 5.42. The molecule has 25 heavy (non-hydrogen) atoms. The third-order valence-electron chi connectivity index (χ3n) is 3.77. The van der Waals surface area contributed by atoms with Crippen LogP contribution in [-0.4, -0.2) is 40.4 Å². The van der Waals surface area contributed by atoms with Crippen molar-refractivity contribution in [2.75, 3.05) is 18.4 Å². The fourth-order valence-corrected chi connectivity index (χ4v) is 2.55. The molecular weight excluding hydrogens is 331 g/mol. The smallest absolute Gasteiger partial charge is 0.239 e. The maximum absolute atomic E-state index is 13.4. The van der Waals surface area contributed by atoms with E-state index < -0.39 is 0 Å². The lowest BCUT2D eigenvalue weighted by Crippen LogP contribution is -2.30. The summed E-state index contributed by atoms with van der Waals surface area (Å²) in [5.41, 5.74) is 3.83. The number of aromatic nitrogens is 2. The SMILES string of the molecule is CCNC(=O)CNc1nonc1C(=N[C@H]1Cc2ccc(F)cc21)NO. The van der Waals surface area contributed by atoms with Gasteiger partial charge in [0.25, 0.3) is 0 Å². The molecule has 0 spiro atoms. The van der Waals surface area contributed by atoms with Gasteiger partial charge in [0, 0.05) is 6.54 Å². The molecule has 1 aromatic heterocycles. The number of hydrogen-bond acceptors (Lipinski definition) is 7. The number of nitrogens with zero attached hydrogens (tertiary/aromatic N) is 3. The molecular formula is C15H17FN6O3. The van der Waals surface area contributed by atoms with Gasteiger partial charge in [-0.15, -0.1) is 0 Å². The Morgan fingerprint density at radius 3 is 3.08 bits per heavy atom. The number of benzene rings is 1. The highest BCUT2D eigenvalue weighted by atomic mass is 19.1. The summed E-state index contributed by atoms with van der Waals surface area (Å²) < 4.78 is 18.0. The quantitative estimate of drug-likeness (QED) is 0.345. The summed E-state index contributed by atoms with van der Waals surface area (Å²) in [5.74, 6) is -0.398. The molecule has 0 saturated heterocycles. The second-order valence-electron chi connectivity index (χ2n) is 5.42. The van der Waals surface area contributed by atoms with Crippen molar-refractivity contribution in [1.29, 1.82) is 0 Å². The minimum Gasteiger partial charge on any atom is -0.356 e. The standard InChI is InChI=1S/C15H17FN6O3/c1-2-17-12(23)7-18-14-13(21-25-22-14)15(20-24)19-11-5-8-3-4-9(16)6-10(8)11/h3-4,6,11,24H,2,5,7H2,1H3,(H,17,23)(H,18,22)(H,19,20)/t11-/m0/s1. The number of aliphatic imine (C=N–C) groups is 1. The molecule has 0 fully saturated rings. The highest BCUT2D eigenvalue weighted by Crippen LogP contribution is 2.36. The van der Waals surface area contributed by atoms with Crippen LogP contribution in [0.4, 0.5) is 10.2 Å². The number of halogens is 1. The van der Waals surface area contributed by atoms with Crippen LogP contribution >= 0.6 is 0 Å². The van der Waals surface area contributed by atoms with Crippen LogP contribution in [0.5, 0.6) is 0 Å². The Hall–Kier alpha value is -3.01. The third kappa shape index (κ3) is 3.58. The fourth-order valence-electron chi connectivity index (χ4n) is 2.55. The highest BCUT2D eigenvalue weighted by Gasteiger charge is 2.28. The molecule has 3 rings (SSSR count). The van der Waals surface area contributed by atoms with Crippen LogP contribution in [0.2, 0.25) is 0 Å². The van der Waals surface area contributed by atoms with Gasteiger partial charge in [-0.2, -0.15) is 0 Å². The Morgan fingerprint density at radius 2 is 2.32 bits per heavy atom. The molecule has 1 aliphatic rings. The van der Waals surface area contributed by atoms with Gasteiger partial charge < -0.3 is 10.6 Å². The van der Waals surface area contributed by atoms with Crippen LogP contribution in [0.25, 0.3) is 0 Å². The number of hydroxylamine groups is 1. The van der Waals surface area contributed by atoms with Crippen molar-refractivity contribution in [2.45, 2.75) is 19.4 Å². The number of carbonyl (C=O) groups excluding carboxylic acids is 1. The average Bonchev–Trinajstić information content (AvgIpc) is 3.05. The molecule has 0 bridgehead atoms. The van der Waals surface area contributed by atoms with Crippen molar-refractivity contribution in [2.24, 2.45) is 4.99 Å². The number of anilines is 1. The van der Waals surface area contributed by atoms with Gasteiger partial charge in [0.1, 0.15) is 5.82 Å². The monoisotopic (exact) mass is 348 g/mol. The predicted molar refractivity (Wildman–Crippen MR) is 85.8 cm³/mol. The number of amides is 1. The van der Waals surface area contributed by atoms with E-state index in [1.807, 2.05) is 5.48 Å². The molecule has 1 atom stereocenters. The summed E-state index contributed by atoms with van der Waals surface area (Å²) in [7, 11) is 0. The Kier molecular flexibility index (Phi) is 4.89. The van der Waals surface area contributed by atoms with Crippen LogP contribution in [-0.2, 0) is 11.2 Å². The number of nitrogens with one attached hydrogen (secondary N) is 3. The van der Waals surface area contributed by atoms with Crippen molar-refractivity contribution in [1.82, 2.24) is 21.1 Å². The summed E-state index contributed by atoms with van der Waals surface area (Å²) in [5, 5.41) is 22.1.